The first-order chi connectivity index (χ1) is 18.2. The van der Waals surface area contributed by atoms with Crippen LogP contribution in [0.25, 0.3) is 5.65 Å². The third-order valence-electron chi connectivity index (χ3n) is 6.71. The van der Waals surface area contributed by atoms with Crippen LogP contribution in [-0.2, 0) is 22.6 Å². The Kier molecular flexibility index (Phi) is 6.89. The second-order valence-corrected chi connectivity index (χ2v) is 9.84. The van der Waals surface area contributed by atoms with Crippen LogP contribution >= 0.6 is 0 Å². The number of hydrogen-bond acceptors (Lipinski definition) is 8. The molecule has 3 aromatic rings. The van der Waals surface area contributed by atoms with Gasteiger partial charge in [0, 0.05) is 44.1 Å². The summed E-state index contributed by atoms with van der Waals surface area (Å²) in [5, 5.41) is 9.21. The lowest BCUT2D eigenvalue weighted by atomic mass is 9.93. The Morgan fingerprint density at radius 2 is 2.00 bits per heavy atom. The molecule has 2 amide bonds. The highest BCUT2D eigenvalue weighted by Gasteiger charge is 2.29. The normalized spacial score (nSPS) is 16.3. The highest BCUT2D eigenvalue weighted by Crippen LogP contribution is 2.24. The van der Waals surface area contributed by atoms with Crippen LogP contribution in [0.4, 0.5) is 4.39 Å². The van der Waals surface area contributed by atoms with E-state index in [0.29, 0.717) is 12.2 Å². The van der Waals surface area contributed by atoms with Gasteiger partial charge in [0.2, 0.25) is 0 Å². The van der Waals surface area contributed by atoms with Crippen molar-refractivity contribution in [2.75, 3.05) is 26.7 Å². The molecule has 0 unspecified atom stereocenters. The third-order valence-corrected chi connectivity index (χ3v) is 6.71. The number of hydrogen-bond donors (Lipinski definition) is 2. The zero-order chi connectivity index (χ0) is 27.0. The molecule has 198 valence electrons. The van der Waals surface area contributed by atoms with E-state index in [1.807, 2.05) is 7.05 Å². The molecule has 0 aliphatic carbocycles. The molecule has 1 aromatic carbocycles. The van der Waals surface area contributed by atoms with Crippen molar-refractivity contribution in [2.24, 2.45) is 5.92 Å². The fourth-order valence-electron chi connectivity index (χ4n) is 4.70. The maximum absolute atomic E-state index is 14.4. The summed E-state index contributed by atoms with van der Waals surface area (Å²) in [5.74, 6) is -1.36. The van der Waals surface area contributed by atoms with Gasteiger partial charge in [0.15, 0.2) is 23.0 Å². The molecule has 1 atom stereocenters. The van der Waals surface area contributed by atoms with Crippen LogP contribution in [0.1, 0.15) is 45.4 Å². The zero-order valence-electron chi connectivity index (χ0n) is 21.0. The number of amides is 2. The second-order valence-electron chi connectivity index (χ2n) is 9.84. The van der Waals surface area contributed by atoms with Crippen LogP contribution in [0.3, 0.4) is 0 Å². The Hall–Kier alpha value is -4.19. The van der Waals surface area contributed by atoms with Crippen LogP contribution in [0.5, 0.6) is 5.75 Å². The molecule has 1 fully saturated rings. The number of rotatable bonds is 8. The minimum Gasteiger partial charge on any atom is -0.486 e. The minimum atomic E-state index is -0.800. The number of Topliss-reactive ketones (excluding diaryl/α,β-unsaturated/α-hetero) is 2. The lowest BCUT2D eigenvalue weighted by Gasteiger charge is -2.36. The number of halogens is 1. The highest BCUT2D eigenvalue weighted by atomic mass is 19.1. The number of carbonyl (C=O) groups is 4. The number of ether oxygens (including phenoxy) is 1. The van der Waals surface area contributed by atoms with Crippen molar-refractivity contribution in [3.05, 3.63) is 58.8 Å². The first kappa shape index (κ1) is 25.5. The van der Waals surface area contributed by atoms with Gasteiger partial charge in [-0.3, -0.25) is 19.2 Å². The molecule has 0 radical (unpaired) electrons. The van der Waals surface area contributed by atoms with Crippen molar-refractivity contribution in [2.45, 2.75) is 32.4 Å². The molecule has 2 aromatic heterocycles. The largest absolute Gasteiger partial charge is 0.486 e. The Bertz CT molecular complexity index is 1450. The summed E-state index contributed by atoms with van der Waals surface area (Å²) in [7, 11) is 1.97. The van der Waals surface area contributed by atoms with E-state index in [9.17, 15) is 23.6 Å². The molecule has 0 spiro atoms. The average molecular weight is 523 g/mol. The number of aromatic nitrogens is 3. The number of benzene rings is 1. The maximum atomic E-state index is 14.4. The molecule has 4 heterocycles. The average Bonchev–Trinajstić information content (AvgIpc) is 3.25. The maximum Gasteiger partial charge on any atom is 0.270 e. The molecule has 1 saturated heterocycles. The monoisotopic (exact) mass is 522 g/mol. The first-order valence-corrected chi connectivity index (χ1v) is 12.3. The van der Waals surface area contributed by atoms with Crippen molar-refractivity contribution in [3.63, 3.8) is 0 Å². The van der Waals surface area contributed by atoms with Crippen LogP contribution in [-0.4, -0.2) is 75.7 Å². The molecule has 38 heavy (non-hydrogen) atoms. The first-order valence-electron chi connectivity index (χ1n) is 12.3. The Morgan fingerprint density at radius 1 is 1.21 bits per heavy atom. The van der Waals surface area contributed by atoms with Crippen LogP contribution in [0.15, 0.2) is 30.5 Å². The van der Waals surface area contributed by atoms with Crippen molar-refractivity contribution < 1.29 is 28.3 Å². The second kappa shape index (κ2) is 10.3. The van der Waals surface area contributed by atoms with E-state index in [4.69, 9.17) is 4.74 Å². The van der Waals surface area contributed by atoms with Gasteiger partial charge in [-0.25, -0.2) is 13.9 Å². The summed E-state index contributed by atoms with van der Waals surface area (Å²) in [6.07, 6.45) is 1.51. The summed E-state index contributed by atoms with van der Waals surface area (Å²) in [6, 6.07) is 5.72. The van der Waals surface area contributed by atoms with Crippen molar-refractivity contribution >= 4 is 29.0 Å². The summed E-state index contributed by atoms with van der Waals surface area (Å²) in [4.78, 5) is 56.4. The van der Waals surface area contributed by atoms with Gasteiger partial charge in [-0.15, -0.1) is 0 Å². The molecule has 2 aliphatic heterocycles. The number of likely N-dealkylation sites (tertiary alicyclic amines) is 1. The molecular formula is C26H27FN6O5. The zero-order valence-corrected chi connectivity index (χ0v) is 21.0. The van der Waals surface area contributed by atoms with Gasteiger partial charge < -0.3 is 20.3 Å². The van der Waals surface area contributed by atoms with Gasteiger partial charge >= 0.3 is 0 Å². The number of fused-ring (bicyclic) bond motifs is 2. The molecule has 2 N–H and O–H groups in total. The van der Waals surface area contributed by atoms with Crippen molar-refractivity contribution in [1.29, 1.82) is 0 Å². The lowest BCUT2D eigenvalue weighted by Crippen LogP contribution is -2.47. The quantitative estimate of drug-likeness (QED) is 0.446. The molecular weight excluding hydrogens is 495 g/mol. The van der Waals surface area contributed by atoms with Gasteiger partial charge in [-0.1, -0.05) is 6.07 Å². The molecule has 11 nitrogen and oxygen atoms in total. The van der Waals surface area contributed by atoms with Crippen LogP contribution < -0.4 is 15.4 Å². The Labute approximate surface area is 217 Å². The lowest BCUT2D eigenvalue weighted by molar-refractivity contribution is -0.122. The molecule has 2 aliphatic rings. The number of nitrogens with zero attached hydrogens (tertiary/aromatic N) is 4. The fourth-order valence-corrected chi connectivity index (χ4v) is 4.70. The van der Waals surface area contributed by atoms with E-state index in [-0.39, 0.29) is 54.1 Å². The fraction of sp³-hybridized carbons (Fsp3) is 0.385. The van der Waals surface area contributed by atoms with Crippen LogP contribution in [0.2, 0.25) is 0 Å². The summed E-state index contributed by atoms with van der Waals surface area (Å²) >= 11 is 0. The molecule has 5 rings (SSSR count). The summed E-state index contributed by atoms with van der Waals surface area (Å²) in [6.45, 7) is 3.41. The Morgan fingerprint density at radius 3 is 2.76 bits per heavy atom. The van der Waals surface area contributed by atoms with Gasteiger partial charge in [-0.05, 0) is 37.6 Å². The molecule has 0 saturated carbocycles. The van der Waals surface area contributed by atoms with E-state index in [0.717, 1.165) is 34.9 Å². The molecule has 0 bridgehead atoms. The van der Waals surface area contributed by atoms with Gasteiger partial charge in [0.1, 0.15) is 23.7 Å². The van der Waals surface area contributed by atoms with E-state index in [1.54, 1.807) is 25.1 Å². The van der Waals surface area contributed by atoms with E-state index >= 15 is 0 Å². The standard InChI is InChI=1S/C26H27FN6O5/c1-14(22(35)6-16-11-32(2)12-16)30-26(37)21-8-20(31-24-19(27)10-29-33(21)24)25(36)28-9-15-3-4-23-17(5-15)7-18(34)13-38-23/h3-5,8,10,14,16H,6-7,9,11-13H2,1-2H3,(H,28,36)(H,30,37)/t14-/m0/s1. The topological polar surface area (TPSA) is 135 Å². The minimum absolute atomic E-state index is 0.0310. The Balaban J connectivity index is 1.30. The van der Waals surface area contributed by atoms with Crippen molar-refractivity contribution in [3.8, 4) is 5.75 Å². The smallest absolute Gasteiger partial charge is 0.270 e. The van der Waals surface area contributed by atoms with E-state index < -0.39 is 23.7 Å². The van der Waals surface area contributed by atoms with Gasteiger partial charge in [-0.2, -0.15) is 5.10 Å². The number of nitrogens with one attached hydrogen (secondary N) is 2. The molecule has 12 heteroatoms. The number of ketones is 2. The van der Waals surface area contributed by atoms with E-state index in [2.05, 4.69) is 25.6 Å². The number of carbonyl (C=O) groups excluding carboxylic acids is 4. The third kappa shape index (κ3) is 5.25. The predicted molar refractivity (Wildman–Crippen MR) is 132 cm³/mol. The summed E-state index contributed by atoms with van der Waals surface area (Å²) in [5.41, 5.74) is 0.867. The summed E-state index contributed by atoms with van der Waals surface area (Å²) < 4.78 is 20.8. The van der Waals surface area contributed by atoms with Crippen LogP contribution in [0, 0.1) is 11.7 Å². The van der Waals surface area contributed by atoms with Crippen molar-refractivity contribution in [1.82, 2.24) is 30.1 Å². The highest BCUT2D eigenvalue weighted by molar-refractivity contribution is 6.00. The SMILES string of the molecule is C[C@H](NC(=O)c1cc(C(=O)NCc2ccc3c(c2)CC(=O)CO3)nc2c(F)cnn12)C(=O)CC1CN(C)C1. The van der Waals surface area contributed by atoms with Gasteiger partial charge in [0.25, 0.3) is 11.8 Å². The van der Waals surface area contributed by atoms with Gasteiger partial charge in [0.05, 0.1) is 12.2 Å². The predicted octanol–water partition coefficient (Wildman–Crippen LogP) is 0.942. The van der Waals surface area contributed by atoms with E-state index in [1.165, 1.54) is 6.07 Å².